The van der Waals surface area contributed by atoms with E-state index >= 15 is 0 Å². The summed E-state index contributed by atoms with van der Waals surface area (Å²) in [6.45, 7) is 0. The first kappa shape index (κ1) is 15.6. The quantitative estimate of drug-likeness (QED) is 0.705. The van der Waals surface area contributed by atoms with Gasteiger partial charge in [0, 0.05) is 4.88 Å². The number of rotatable bonds is 5. The standard InChI is InChI=1S/C20H19NOS2/c22-19(11-14-8-10-23-13-14)21-20(18-5-2-9-24-18)17-7-6-15-3-1-4-16(15)12-17/h2,5-10,12-13,20H,1,3-4,11H2,(H,21,22)/t20-/m0/s1. The fourth-order valence-electron chi connectivity index (χ4n) is 3.34. The number of benzene rings is 1. The first-order valence-electron chi connectivity index (χ1n) is 8.25. The minimum atomic E-state index is -0.0537. The van der Waals surface area contributed by atoms with Crippen molar-refractivity contribution in [1.29, 1.82) is 0 Å². The molecule has 0 spiro atoms. The van der Waals surface area contributed by atoms with E-state index in [0.29, 0.717) is 6.42 Å². The number of fused-ring (bicyclic) bond motifs is 1. The van der Waals surface area contributed by atoms with Gasteiger partial charge in [-0.2, -0.15) is 11.3 Å². The predicted octanol–water partition coefficient (Wildman–Crippen LogP) is 4.75. The maximum Gasteiger partial charge on any atom is 0.225 e. The molecule has 1 amide bonds. The van der Waals surface area contributed by atoms with Crippen molar-refractivity contribution in [2.45, 2.75) is 31.7 Å². The summed E-state index contributed by atoms with van der Waals surface area (Å²) in [7, 11) is 0. The molecule has 122 valence electrons. The Morgan fingerprint density at radius 2 is 2.04 bits per heavy atom. The van der Waals surface area contributed by atoms with E-state index in [1.54, 1.807) is 22.7 Å². The van der Waals surface area contributed by atoms with Crippen LogP contribution in [0.25, 0.3) is 0 Å². The molecule has 2 aromatic heterocycles. The SMILES string of the molecule is O=C(Cc1ccsc1)N[C@@H](c1ccc2c(c1)CCC2)c1cccs1. The smallest absolute Gasteiger partial charge is 0.225 e. The van der Waals surface area contributed by atoms with E-state index in [-0.39, 0.29) is 11.9 Å². The second-order valence-electron chi connectivity index (χ2n) is 6.21. The second-order valence-corrected chi connectivity index (χ2v) is 7.97. The fraction of sp³-hybridized carbons (Fsp3) is 0.250. The number of carbonyl (C=O) groups is 1. The maximum atomic E-state index is 12.5. The van der Waals surface area contributed by atoms with Gasteiger partial charge >= 0.3 is 0 Å². The molecule has 4 heteroatoms. The Bertz CT molecular complexity index is 821. The Morgan fingerprint density at radius 3 is 2.83 bits per heavy atom. The fourth-order valence-corrected chi connectivity index (χ4v) is 4.81. The summed E-state index contributed by atoms with van der Waals surface area (Å²) in [5, 5.41) is 9.36. The van der Waals surface area contributed by atoms with Crippen LogP contribution in [0.2, 0.25) is 0 Å². The molecule has 24 heavy (non-hydrogen) atoms. The Hall–Kier alpha value is -1.91. The van der Waals surface area contributed by atoms with Gasteiger partial charge in [-0.25, -0.2) is 0 Å². The lowest BCUT2D eigenvalue weighted by atomic mass is 9.99. The van der Waals surface area contributed by atoms with Crippen LogP contribution in [-0.4, -0.2) is 5.91 Å². The molecular weight excluding hydrogens is 334 g/mol. The highest BCUT2D eigenvalue weighted by Gasteiger charge is 2.20. The topological polar surface area (TPSA) is 29.1 Å². The van der Waals surface area contributed by atoms with Crippen LogP contribution >= 0.6 is 22.7 Å². The summed E-state index contributed by atoms with van der Waals surface area (Å²) in [4.78, 5) is 13.7. The Balaban J connectivity index is 1.59. The Morgan fingerprint density at radius 1 is 1.12 bits per heavy atom. The minimum Gasteiger partial charge on any atom is -0.344 e. The highest BCUT2D eigenvalue weighted by atomic mass is 32.1. The van der Waals surface area contributed by atoms with E-state index in [9.17, 15) is 4.79 Å². The lowest BCUT2D eigenvalue weighted by molar-refractivity contribution is -0.120. The van der Waals surface area contributed by atoms with Crippen LogP contribution in [0.5, 0.6) is 0 Å². The molecule has 0 aliphatic heterocycles. The van der Waals surface area contributed by atoms with Gasteiger partial charge in [0.05, 0.1) is 12.5 Å². The van der Waals surface area contributed by atoms with Crippen LogP contribution in [-0.2, 0) is 24.1 Å². The molecule has 1 aliphatic rings. The molecule has 0 bridgehead atoms. The molecule has 0 radical (unpaired) electrons. The molecule has 0 unspecified atom stereocenters. The summed E-state index contributed by atoms with van der Waals surface area (Å²) in [6.07, 6.45) is 4.02. The van der Waals surface area contributed by atoms with E-state index in [0.717, 1.165) is 12.0 Å². The van der Waals surface area contributed by atoms with E-state index < -0.39 is 0 Å². The second kappa shape index (κ2) is 6.91. The Kier molecular flexibility index (Phi) is 4.50. The third kappa shape index (κ3) is 3.30. The molecule has 4 rings (SSSR count). The van der Waals surface area contributed by atoms with E-state index in [4.69, 9.17) is 0 Å². The zero-order valence-electron chi connectivity index (χ0n) is 13.3. The van der Waals surface area contributed by atoms with Crippen LogP contribution in [0.1, 0.15) is 39.6 Å². The Labute approximate surface area is 150 Å². The lowest BCUT2D eigenvalue weighted by Gasteiger charge is -2.19. The monoisotopic (exact) mass is 353 g/mol. The normalized spacial score (nSPS) is 14.3. The average Bonchev–Trinajstić information content (AvgIpc) is 3.33. The van der Waals surface area contributed by atoms with Gasteiger partial charge in [0.25, 0.3) is 0 Å². The van der Waals surface area contributed by atoms with Gasteiger partial charge in [0.15, 0.2) is 0 Å². The van der Waals surface area contributed by atoms with Crippen molar-refractivity contribution in [3.63, 3.8) is 0 Å². The number of carbonyl (C=O) groups excluding carboxylic acids is 1. The van der Waals surface area contributed by atoms with Crippen LogP contribution in [0.4, 0.5) is 0 Å². The van der Waals surface area contributed by atoms with Crippen molar-refractivity contribution in [3.05, 3.63) is 79.7 Å². The summed E-state index contributed by atoms with van der Waals surface area (Å²) in [6, 6.07) is 12.8. The molecule has 3 aromatic rings. The van der Waals surface area contributed by atoms with Crippen molar-refractivity contribution in [2.24, 2.45) is 0 Å². The summed E-state index contributed by atoms with van der Waals surface area (Å²) in [5.74, 6) is 0.0762. The van der Waals surface area contributed by atoms with E-state index in [1.807, 2.05) is 22.9 Å². The first-order valence-corrected chi connectivity index (χ1v) is 10.1. The molecule has 1 N–H and O–H groups in total. The number of aryl methyl sites for hydroxylation is 2. The molecule has 0 saturated heterocycles. The zero-order valence-corrected chi connectivity index (χ0v) is 15.0. The molecular formula is C20H19NOS2. The van der Waals surface area contributed by atoms with Crippen molar-refractivity contribution in [3.8, 4) is 0 Å². The molecule has 1 atom stereocenters. The van der Waals surface area contributed by atoms with Crippen molar-refractivity contribution >= 4 is 28.6 Å². The molecule has 2 nitrogen and oxygen atoms in total. The van der Waals surface area contributed by atoms with Gasteiger partial charge in [-0.05, 0) is 69.8 Å². The summed E-state index contributed by atoms with van der Waals surface area (Å²) < 4.78 is 0. The van der Waals surface area contributed by atoms with Crippen LogP contribution in [0, 0.1) is 0 Å². The number of hydrogen-bond acceptors (Lipinski definition) is 3. The number of amides is 1. The third-order valence-corrected chi connectivity index (χ3v) is 6.20. The summed E-state index contributed by atoms with van der Waals surface area (Å²) in [5.41, 5.74) is 5.18. The van der Waals surface area contributed by atoms with Gasteiger partial charge in [0.2, 0.25) is 5.91 Å². The molecule has 0 saturated carbocycles. The highest BCUT2D eigenvalue weighted by Crippen LogP contribution is 2.30. The maximum absolute atomic E-state index is 12.5. The predicted molar refractivity (Wildman–Crippen MR) is 101 cm³/mol. The third-order valence-electron chi connectivity index (χ3n) is 4.53. The van der Waals surface area contributed by atoms with Crippen LogP contribution < -0.4 is 5.32 Å². The number of nitrogens with one attached hydrogen (secondary N) is 1. The highest BCUT2D eigenvalue weighted by molar-refractivity contribution is 7.10. The molecule has 1 aromatic carbocycles. The van der Waals surface area contributed by atoms with Crippen LogP contribution in [0.3, 0.4) is 0 Å². The summed E-state index contributed by atoms with van der Waals surface area (Å²) >= 11 is 3.33. The largest absolute Gasteiger partial charge is 0.344 e. The van der Waals surface area contributed by atoms with E-state index in [1.165, 1.54) is 34.4 Å². The molecule has 0 fully saturated rings. The van der Waals surface area contributed by atoms with Gasteiger partial charge in [0.1, 0.15) is 0 Å². The van der Waals surface area contributed by atoms with Crippen LogP contribution in [0.15, 0.2) is 52.5 Å². The average molecular weight is 354 g/mol. The van der Waals surface area contributed by atoms with E-state index in [2.05, 4.69) is 35.0 Å². The number of hydrogen-bond donors (Lipinski definition) is 1. The van der Waals surface area contributed by atoms with Crippen molar-refractivity contribution < 1.29 is 4.79 Å². The van der Waals surface area contributed by atoms with Gasteiger partial charge < -0.3 is 5.32 Å². The minimum absolute atomic E-state index is 0.0537. The zero-order chi connectivity index (χ0) is 16.4. The van der Waals surface area contributed by atoms with Gasteiger partial charge in [-0.3, -0.25) is 4.79 Å². The molecule has 2 heterocycles. The lowest BCUT2D eigenvalue weighted by Crippen LogP contribution is -2.30. The van der Waals surface area contributed by atoms with Gasteiger partial charge in [-0.15, -0.1) is 11.3 Å². The first-order chi connectivity index (χ1) is 11.8. The van der Waals surface area contributed by atoms with Crippen molar-refractivity contribution in [1.82, 2.24) is 5.32 Å². The van der Waals surface area contributed by atoms with Gasteiger partial charge in [-0.1, -0.05) is 24.3 Å². The number of thiophene rings is 2. The van der Waals surface area contributed by atoms with Crippen molar-refractivity contribution in [2.75, 3.05) is 0 Å². The molecule has 1 aliphatic carbocycles.